The molecule has 0 aromatic carbocycles. The summed E-state index contributed by atoms with van der Waals surface area (Å²) in [4.78, 5) is 33.6. The van der Waals surface area contributed by atoms with Gasteiger partial charge in [0.25, 0.3) is 0 Å². The second-order valence-electron chi connectivity index (χ2n) is 9.27. The Labute approximate surface area is 185 Å². The predicted octanol–water partition coefficient (Wildman–Crippen LogP) is 3.16. The van der Waals surface area contributed by atoms with Gasteiger partial charge in [0.15, 0.2) is 0 Å². The van der Waals surface area contributed by atoms with Crippen LogP contribution in [0.15, 0.2) is 37.2 Å². The second kappa shape index (κ2) is 7.37. The Bertz CT molecular complexity index is 1300. The summed E-state index contributed by atoms with van der Waals surface area (Å²) in [6, 6.07) is 0.800. The number of hydrogen-bond donors (Lipinski definition) is 2. The molecule has 9 nitrogen and oxygen atoms in total. The summed E-state index contributed by atoms with van der Waals surface area (Å²) in [6.07, 6.45) is 17.3. The summed E-state index contributed by atoms with van der Waals surface area (Å²) in [5.41, 5.74) is 2.80. The standard InChI is InChI=1S/C23H27N8O/c1-31(10-2-3-20(31)32)17-6-4-16(5-7-17)28-22-26-13-19-18(12-25-21(19)29-22)15-11-27-23-24-8-9-30(23)14-15/h8-9,11-14,16-17H,2-7,10H2,1H3,(H2,25,26,28,29)/q+1. The SMILES string of the molecule is C[N+]1(C2CCC(Nc3ncc4c(-c5cnc6nccn6c5)c[nH]c4n3)CC2)CCCC1=O. The highest BCUT2D eigenvalue weighted by Crippen LogP contribution is 2.33. The van der Waals surface area contributed by atoms with E-state index in [1.807, 2.05) is 35.4 Å². The smallest absolute Gasteiger partial charge is 0.313 e. The molecule has 2 fully saturated rings. The fourth-order valence-corrected chi connectivity index (χ4v) is 5.47. The minimum atomic E-state index is 0.343. The molecular weight excluding hydrogens is 404 g/mol. The Hall–Kier alpha value is -3.33. The normalized spacial score (nSPS) is 26.2. The van der Waals surface area contributed by atoms with Crippen molar-refractivity contribution in [2.75, 3.05) is 18.9 Å². The maximum Gasteiger partial charge on any atom is 0.313 e. The van der Waals surface area contributed by atoms with E-state index in [-0.39, 0.29) is 0 Å². The van der Waals surface area contributed by atoms with Crippen molar-refractivity contribution in [3.05, 3.63) is 37.2 Å². The molecule has 9 heteroatoms. The second-order valence-corrected chi connectivity index (χ2v) is 9.27. The molecule has 1 saturated heterocycles. The quantitative estimate of drug-likeness (QED) is 0.482. The molecule has 1 aliphatic heterocycles. The molecule has 164 valence electrons. The van der Waals surface area contributed by atoms with E-state index in [2.05, 4.69) is 32.3 Å². The molecule has 1 saturated carbocycles. The summed E-state index contributed by atoms with van der Waals surface area (Å²) in [5.74, 6) is 1.74. The first-order valence-corrected chi connectivity index (χ1v) is 11.4. The van der Waals surface area contributed by atoms with E-state index >= 15 is 0 Å². The van der Waals surface area contributed by atoms with E-state index < -0.39 is 0 Å². The minimum absolute atomic E-state index is 0.343. The van der Waals surface area contributed by atoms with Gasteiger partial charge in [0.1, 0.15) is 5.65 Å². The van der Waals surface area contributed by atoms with Gasteiger partial charge < -0.3 is 10.3 Å². The maximum absolute atomic E-state index is 12.4. The van der Waals surface area contributed by atoms with Gasteiger partial charge in [0, 0.05) is 79.0 Å². The number of carbonyl (C=O) groups excluding carboxylic acids is 1. The molecule has 2 N–H and O–H groups in total. The first-order chi connectivity index (χ1) is 15.6. The Morgan fingerprint density at radius 2 is 2.03 bits per heavy atom. The van der Waals surface area contributed by atoms with E-state index in [1.54, 1.807) is 6.20 Å². The van der Waals surface area contributed by atoms with Crippen molar-refractivity contribution in [1.82, 2.24) is 29.3 Å². The average Bonchev–Trinajstić information content (AvgIpc) is 3.53. The molecule has 1 atom stereocenters. The maximum atomic E-state index is 12.4. The van der Waals surface area contributed by atoms with Gasteiger partial charge >= 0.3 is 5.91 Å². The molecule has 5 heterocycles. The lowest BCUT2D eigenvalue weighted by atomic mass is 9.89. The van der Waals surface area contributed by atoms with Gasteiger partial charge in [0.2, 0.25) is 11.7 Å². The van der Waals surface area contributed by atoms with E-state index in [4.69, 9.17) is 4.98 Å². The minimum Gasteiger partial charge on any atom is -0.351 e. The number of aromatic amines is 1. The fraction of sp³-hybridized carbons (Fsp3) is 0.435. The molecular formula is C23H27N8O+. The van der Waals surface area contributed by atoms with Crippen LogP contribution in [-0.2, 0) is 4.79 Å². The van der Waals surface area contributed by atoms with Gasteiger partial charge in [-0.25, -0.2) is 19.7 Å². The lowest BCUT2D eigenvalue weighted by Gasteiger charge is -2.39. The van der Waals surface area contributed by atoms with Crippen LogP contribution < -0.4 is 5.32 Å². The summed E-state index contributed by atoms with van der Waals surface area (Å²) in [7, 11) is 2.13. The number of carbonyl (C=O) groups is 1. The molecule has 0 spiro atoms. The van der Waals surface area contributed by atoms with E-state index in [0.717, 1.165) is 67.2 Å². The van der Waals surface area contributed by atoms with Crippen LogP contribution in [0.25, 0.3) is 27.9 Å². The zero-order valence-corrected chi connectivity index (χ0v) is 18.2. The fourth-order valence-electron chi connectivity index (χ4n) is 5.47. The molecule has 1 aliphatic carbocycles. The van der Waals surface area contributed by atoms with Crippen molar-refractivity contribution in [3.8, 4) is 11.1 Å². The van der Waals surface area contributed by atoms with Crippen molar-refractivity contribution >= 4 is 28.7 Å². The molecule has 32 heavy (non-hydrogen) atoms. The van der Waals surface area contributed by atoms with Gasteiger partial charge in [-0.05, 0) is 12.8 Å². The summed E-state index contributed by atoms with van der Waals surface area (Å²) < 4.78 is 2.54. The van der Waals surface area contributed by atoms with Crippen LogP contribution in [0.5, 0.6) is 0 Å². The number of quaternary nitrogens is 1. The molecule has 0 bridgehead atoms. The highest BCUT2D eigenvalue weighted by Gasteiger charge is 2.44. The lowest BCUT2D eigenvalue weighted by molar-refractivity contribution is -0.854. The van der Waals surface area contributed by atoms with Crippen molar-refractivity contribution in [2.24, 2.45) is 0 Å². The van der Waals surface area contributed by atoms with Crippen molar-refractivity contribution in [2.45, 2.75) is 50.6 Å². The van der Waals surface area contributed by atoms with Gasteiger partial charge in [-0.3, -0.25) is 8.88 Å². The average molecular weight is 432 g/mol. The molecule has 0 radical (unpaired) electrons. The van der Waals surface area contributed by atoms with Crippen molar-refractivity contribution < 1.29 is 9.28 Å². The molecule has 6 rings (SSSR count). The summed E-state index contributed by atoms with van der Waals surface area (Å²) in [6.45, 7) is 1.000. The Balaban J connectivity index is 1.17. The monoisotopic (exact) mass is 431 g/mol. The topological polar surface area (TPSA) is 101 Å². The molecule has 1 amide bonds. The number of nitrogens with zero attached hydrogens (tertiary/aromatic N) is 6. The van der Waals surface area contributed by atoms with Crippen LogP contribution in [0.2, 0.25) is 0 Å². The number of nitrogens with one attached hydrogen (secondary N) is 2. The van der Waals surface area contributed by atoms with Crippen LogP contribution in [0, 0.1) is 0 Å². The molecule has 2 aliphatic rings. The zero-order valence-electron chi connectivity index (χ0n) is 18.2. The van der Waals surface area contributed by atoms with Crippen LogP contribution in [0.4, 0.5) is 5.95 Å². The van der Waals surface area contributed by atoms with E-state index in [0.29, 0.717) is 34.2 Å². The van der Waals surface area contributed by atoms with Gasteiger partial charge in [-0.1, -0.05) is 0 Å². The van der Waals surface area contributed by atoms with Gasteiger partial charge in [-0.15, -0.1) is 0 Å². The third-order valence-electron chi connectivity index (χ3n) is 7.41. The first kappa shape index (κ1) is 19.4. The van der Waals surface area contributed by atoms with Crippen LogP contribution >= 0.6 is 0 Å². The number of H-pyrrole nitrogens is 1. The number of imidazole rings is 1. The Morgan fingerprint density at radius 3 is 2.84 bits per heavy atom. The number of hydrogen-bond acceptors (Lipinski definition) is 6. The Morgan fingerprint density at radius 1 is 1.16 bits per heavy atom. The number of fused-ring (bicyclic) bond motifs is 2. The largest absolute Gasteiger partial charge is 0.351 e. The summed E-state index contributed by atoms with van der Waals surface area (Å²) >= 11 is 0. The van der Waals surface area contributed by atoms with Crippen molar-refractivity contribution in [3.63, 3.8) is 0 Å². The number of anilines is 1. The van der Waals surface area contributed by atoms with Crippen LogP contribution in [0.3, 0.4) is 0 Å². The van der Waals surface area contributed by atoms with Gasteiger partial charge in [-0.2, -0.15) is 4.98 Å². The highest BCUT2D eigenvalue weighted by molar-refractivity contribution is 5.93. The zero-order chi connectivity index (χ0) is 21.7. The first-order valence-electron chi connectivity index (χ1n) is 11.4. The third-order valence-corrected chi connectivity index (χ3v) is 7.41. The number of aromatic nitrogens is 6. The molecule has 1 unspecified atom stereocenters. The third kappa shape index (κ3) is 3.15. The number of rotatable bonds is 4. The number of likely N-dealkylation sites (tertiary alicyclic amines) is 1. The molecule has 4 aromatic heterocycles. The van der Waals surface area contributed by atoms with Gasteiger partial charge in [0.05, 0.1) is 26.1 Å². The Kier molecular flexibility index (Phi) is 4.46. The molecule has 4 aromatic rings. The van der Waals surface area contributed by atoms with Crippen molar-refractivity contribution in [1.29, 1.82) is 0 Å². The predicted molar refractivity (Wildman–Crippen MR) is 121 cm³/mol. The van der Waals surface area contributed by atoms with Crippen LogP contribution in [-0.4, -0.2) is 65.4 Å². The van der Waals surface area contributed by atoms with Crippen LogP contribution in [0.1, 0.15) is 38.5 Å². The number of amides is 1. The lowest BCUT2D eigenvalue weighted by Crippen LogP contribution is -2.54. The van der Waals surface area contributed by atoms with E-state index in [9.17, 15) is 4.79 Å². The summed E-state index contributed by atoms with van der Waals surface area (Å²) in [5, 5.41) is 4.48. The van der Waals surface area contributed by atoms with E-state index in [1.165, 1.54) is 0 Å². The highest BCUT2D eigenvalue weighted by atomic mass is 16.2.